The number of piperidine rings is 1. The minimum Gasteiger partial charge on any atom is -0.306 e. The van der Waals surface area contributed by atoms with Gasteiger partial charge in [0.15, 0.2) is 0 Å². The summed E-state index contributed by atoms with van der Waals surface area (Å²) in [6.07, 6.45) is 6.36. The Morgan fingerprint density at radius 3 is 2.64 bits per heavy atom. The summed E-state index contributed by atoms with van der Waals surface area (Å²) in [6, 6.07) is 4.25. The molecule has 0 aromatic carbocycles. The van der Waals surface area contributed by atoms with E-state index in [9.17, 15) is 0 Å². The number of aromatic nitrogens is 1. The summed E-state index contributed by atoms with van der Waals surface area (Å²) in [4.78, 5) is 6.61. The van der Waals surface area contributed by atoms with Gasteiger partial charge in [0.1, 0.15) is 0 Å². The Hall–Kier alpha value is -0.890. The van der Waals surface area contributed by atoms with E-state index >= 15 is 0 Å². The number of likely N-dealkylation sites (tertiary alicyclic amines) is 1. The molecule has 1 fully saturated rings. The maximum Gasteiger partial charge on any atom is 0.0305 e. The summed E-state index contributed by atoms with van der Waals surface area (Å²) < 4.78 is 0. The zero-order chi connectivity index (χ0) is 10.0. The molecule has 0 spiro atoms. The van der Waals surface area contributed by atoms with E-state index in [0.29, 0.717) is 5.41 Å². The van der Waals surface area contributed by atoms with Gasteiger partial charge in [-0.2, -0.15) is 0 Å². The lowest BCUT2D eigenvalue weighted by Crippen LogP contribution is -2.38. The molecule has 1 aliphatic heterocycles. The Kier molecular flexibility index (Phi) is 2.55. The average Bonchev–Trinajstić information content (AvgIpc) is 2.24. The first kappa shape index (κ1) is 9.66. The second-order valence-electron chi connectivity index (χ2n) is 4.61. The van der Waals surface area contributed by atoms with Gasteiger partial charge in [0.05, 0.1) is 0 Å². The summed E-state index contributed by atoms with van der Waals surface area (Å²) in [6.45, 7) is 4.76. The van der Waals surface area contributed by atoms with Crippen molar-refractivity contribution in [1.29, 1.82) is 0 Å². The maximum atomic E-state index is 4.21. The van der Waals surface area contributed by atoms with Crippen LogP contribution in [0.2, 0.25) is 0 Å². The first-order valence-corrected chi connectivity index (χ1v) is 5.30. The summed E-state index contributed by atoms with van der Waals surface area (Å²) in [5.41, 5.74) is 1.74. The second-order valence-corrected chi connectivity index (χ2v) is 4.61. The Morgan fingerprint density at radius 2 is 2.07 bits per heavy atom. The minimum atomic E-state index is 0.348. The lowest BCUT2D eigenvalue weighted by atomic mass is 9.75. The summed E-state index contributed by atoms with van der Waals surface area (Å²) in [5.74, 6) is 0. The Morgan fingerprint density at radius 1 is 1.36 bits per heavy atom. The van der Waals surface area contributed by atoms with Crippen LogP contribution in [0.15, 0.2) is 24.5 Å². The van der Waals surface area contributed by atoms with Gasteiger partial charge in [-0.3, -0.25) is 4.98 Å². The molecule has 76 valence electrons. The first-order chi connectivity index (χ1) is 6.71. The Balaban J connectivity index is 2.17. The SMILES string of the molecule is CN1CCC(C)(c2cccnc2)CC1. The van der Waals surface area contributed by atoms with E-state index in [1.165, 1.54) is 31.5 Å². The van der Waals surface area contributed by atoms with Crippen LogP contribution >= 0.6 is 0 Å². The molecule has 0 saturated carbocycles. The van der Waals surface area contributed by atoms with Gasteiger partial charge < -0.3 is 4.90 Å². The van der Waals surface area contributed by atoms with E-state index in [2.05, 4.69) is 29.9 Å². The molecule has 0 radical (unpaired) electrons. The van der Waals surface area contributed by atoms with E-state index in [-0.39, 0.29) is 0 Å². The highest BCUT2D eigenvalue weighted by molar-refractivity contribution is 5.21. The van der Waals surface area contributed by atoms with Crippen molar-refractivity contribution in [3.63, 3.8) is 0 Å². The first-order valence-electron chi connectivity index (χ1n) is 5.30. The quantitative estimate of drug-likeness (QED) is 0.674. The smallest absolute Gasteiger partial charge is 0.0305 e. The van der Waals surface area contributed by atoms with Crippen LogP contribution in [0.3, 0.4) is 0 Å². The van der Waals surface area contributed by atoms with Crippen LogP contribution in [0.25, 0.3) is 0 Å². The summed E-state index contributed by atoms with van der Waals surface area (Å²) in [7, 11) is 2.20. The van der Waals surface area contributed by atoms with Gasteiger partial charge in [-0.25, -0.2) is 0 Å². The third-order valence-electron chi connectivity index (χ3n) is 3.45. The van der Waals surface area contributed by atoms with E-state index in [1.54, 1.807) is 0 Å². The maximum absolute atomic E-state index is 4.21. The minimum absolute atomic E-state index is 0.348. The Labute approximate surface area is 86.0 Å². The summed E-state index contributed by atoms with van der Waals surface area (Å²) >= 11 is 0. The molecule has 0 bridgehead atoms. The van der Waals surface area contributed by atoms with Gasteiger partial charge in [0.2, 0.25) is 0 Å². The predicted molar refractivity (Wildman–Crippen MR) is 58.3 cm³/mol. The van der Waals surface area contributed by atoms with Crippen LogP contribution in [-0.4, -0.2) is 30.0 Å². The van der Waals surface area contributed by atoms with Crippen molar-refractivity contribution in [3.05, 3.63) is 30.1 Å². The van der Waals surface area contributed by atoms with E-state index < -0.39 is 0 Å². The Bertz CT molecular complexity index is 286. The zero-order valence-corrected chi connectivity index (χ0v) is 9.03. The van der Waals surface area contributed by atoms with E-state index in [4.69, 9.17) is 0 Å². The topological polar surface area (TPSA) is 16.1 Å². The van der Waals surface area contributed by atoms with Crippen molar-refractivity contribution in [2.75, 3.05) is 20.1 Å². The fourth-order valence-corrected chi connectivity index (χ4v) is 2.12. The molecular weight excluding hydrogens is 172 g/mol. The van der Waals surface area contributed by atoms with Crippen LogP contribution in [0.4, 0.5) is 0 Å². The highest BCUT2D eigenvalue weighted by atomic mass is 15.1. The molecule has 2 nitrogen and oxygen atoms in total. The zero-order valence-electron chi connectivity index (χ0n) is 9.03. The molecule has 1 aromatic rings. The molecule has 2 heteroatoms. The van der Waals surface area contributed by atoms with Crippen LogP contribution in [-0.2, 0) is 5.41 Å². The number of rotatable bonds is 1. The number of pyridine rings is 1. The van der Waals surface area contributed by atoms with Gasteiger partial charge in [0, 0.05) is 12.4 Å². The molecular formula is C12H18N2. The molecule has 1 saturated heterocycles. The van der Waals surface area contributed by atoms with Crippen molar-refractivity contribution in [2.45, 2.75) is 25.2 Å². The molecule has 14 heavy (non-hydrogen) atoms. The van der Waals surface area contributed by atoms with Crippen LogP contribution < -0.4 is 0 Å². The van der Waals surface area contributed by atoms with Gasteiger partial charge in [-0.05, 0) is 50.0 Å². The van der Waals surface area contributed by atoms with Gasteiger partial charge in [-0.1, -0.05) is 13.0 Å². The van der Waals surface area contributed by atoms with E-state index in [0.717, 1.165) is 0 Å². The highest BCUT2D eigenvalue weighted by Gasteiger charge is 2.30. The molecule has 1 aromatic heterocycles. The molecule has 2 rings (SSSR count). The molecule has 1 aliphatic rings. The average molecular weight is 190 g/mol. The normalized spacial score (nSPS) is 22.1. The highest BCUT2D eigenvalue weighted by Crippen LogP contribution is 2.33. The second kappa shape index (κ2) is 3.70. The number of hydrogen-bond acceptors (Lipinski definition) is 2. The molecule has 0 amide bonds. The fraction of sp³-hybridized carbons (Fsp3) is 0.583. The third-order valence-corrected chi connectivity index (χ3v) is 3.45. The molecule has 0 N–H and O–H groups in total. The van der Waals surface area contributed by atoms with E-state index in [1.807, 2.05) is 18.5 Å². The third kappa shape index (κ3) is 1.80. The van der Waals surface area contributed by atoms with Gasteiger partial charge >= 0.3 is 0 Å². The molecule has 0 aliphatic carbocycles. The van der Waals surface area contributed by atoms with Crippen molar-refractivity contribution in [2.24, 2.45) is 0 Å². The van der Waals surface area contributed by atoms with Crippen LogP contribution in [0.1, 0.15) is 25.3 Å². The number of nitrogens with zero attached hydrogens (tertiary/aromatic N) is 2. The van der Waals surface area contributed by atoms with Crippen molar-refractivity contribution >= 4 is 0 Å². The fourth-order valence-electron chi connectivity index (χ4n) is 2.12. The lowest BCUT2D eigenvalue weighted by Gasteiger charge is -2.38. The largest absolute Gasteiger partial charge is 0.306 e. The monoisotopic (exact) mass is 190 g/mol. The number of hydrogen-bond donors (Lipinski definition) is 0. The van der Waals surface area contributed by atoms with Crippen molar-refractivity contribution in [1.82, 2.24) is 9.88 Å². The van der Waals surface area contributed by atoms with Gasteiger partial charge in [-0.15, -0.1) is 0 Å². The van der Waals surface area contributed by atoms with Gasteiger partial charge in [0.25, 0.3) is 0 Å². The predicted octanol–water partition coefficient (Wildman–Crippen LogP) is 2.06. The molecule has 2 heterocycles. The summed E-state index contributed by atoms with van der Waals surface area (Å²) in [5, 5.41) is 0. The molecule has 0 unspecified atom stereocenters. The van der Waals surface area contributed by atoms with Crippen molar-refractivity contribution in [3.8, 4) is 0 Å². The van der Waals surface area contributed by atoms with Crippen molar-refractivity contribution < 1.29 is 0 Å². The van der Waals surface area contributed by atoms with Crippen LogP contribution in [0, 0.1) is 0 Å². The molecule has 0 atom stereocenters. The van der Waals surface area contributed by atoms with Crippen LogP contribution in [0.5, 0.6) is 0 Å². The standard InChI is InChI=1S/C12H18N2/c1-12(5-8-14(2)9-6-12)11-4-3-7-13-10-11/h3-4,7,10H,5-6,8-9H2,1-2H3. The lowest BCUT2D eigenvalue weighted by molar-refractivity contribution is 0.199.